The fraction of sp³-hybridized carbons (Fsp3) is 0.447. The van der Waals surface area contributed by atoms with Crippen LogP contribution in [0.1, 0.15) is 68.1 Å². The summed E-state index contributed by atoms with van der Waals surface area (Å²) < 4.78 is 26.3. The lowest BCUT2D eigenvalue weighted by molar-refractivity contribution is -0.120. The molecule has 1 aromatic carbocycles. The molecule has 13 nitrogen and oxygen atoms in total. The number of piperazine rings is 1. The molecule has 2 aliphatic heterocycles. The maximum atomic E-state index is 12.6. The van der Waals surface area contributed by atoms with Crippen LogP contribution in [0.25, 0.3) is 11.4 Å². The van der Waals surface area contributed by atoms with Gasteiger partial charge in [-0.15, -0.1) is 0 Å². The molecule has 0 bridgehead atoms. The van der Waals surface area contributed by atoms with Crippen LogP contribution in [0.2, 0.25) is 0 Å². The lowest BCUT2D eigenvalue weighted by atomic mass is 9.78. The smallest absolute Gasteiger partial charge is 0.256 e. The molecule has 3 N–H and O–H groups in total. The molecule has 4 fully saturated rings. The zero-order valence-corrected chi connectivity index (χ0v) is 30.2. The van der Waals surface area contributed by atoms with E-state index in [1.165, 1.54) is 18.0 Å². The van der Waals surface area contributed by atoms with E-state index in [9.17, 15) is 13.2 Å². The van der Waals surface area contributed by atoms with E-state index in [0.29, 0.717) is 42.3 Å². The number of nitrogens with zero attached hydrogens (tertiary/aromatic N) is 7. The third-order valence-electron chi connectivity index (χ3n) is 10.7. The summed E-state index contributed by atoms with van der Waals surface area (Å²) in [5, 5.41) is 14.0. The van der Waals surface area contributed by atoms with Gasteiger partial charge in [-0.2, -0.15) is 9.19 Å². The lowest BCUT2D eigenvalue weighted by Crippen LogP contribution is -2.46. The SMILES string of the molecule is CN1CCN(Cc2ccc(C#Cc3cnc(Nc4ccnc(-c5cnn(S(=O)(=O)C6CC6)c5)n4)cc3NC3CCC4(CCC(=O)N4)CC3)cc2)CC1. The summed E-state index contributed by atoms with van der Waals surface area (Å²) >= 11 is 0. The Labute approximate surface area is 304 Å². The summed E-state index contributed by atoms with van der Waals surface area (Å²) in [4.78, 5) is 30.5. The minimum Gasteiger partial charge on any atom is -0.381 e. The standard InChI is InChI=1S/C38H44N10O3S/c1-46-18-20-47(21-19-46)25-28-4-2-27(3-5-28)6-7-29-23-40-35(22-33(29)42-31-10-14-38(15-11-31)16-12-36(49)45-38)43-34-13-17-39-37(44-34)30-24-41-48(26-30)52(50,51)32-8-9-32/h2-5,13,17,22-24,26,31-32H,8-12,14-16,18-21,25H2,1H3,(H,45,49)(H2,39,40,42,43,44). The van der Waals surface area contributed by atoms with Crippen molar-refractivity contribution in [2.24, 2.45) is 0 Å². The predicted molar refractivity (Wildman–Crippen MR) is 199 cm³/mol. The third-order valence-corrected chi connectivity index (χ3v) is 12.7. The Morgan fingerprint density at radius 3 is 2.46 bits per heavy atom. The number of nitrogens with one attached hydrogen (secondary N) is 3. The van der Waals surface area contributed by atoms with E-state index in [1.807, 2.05) is 6.07 Å². The summed E-state index contributed by atoms with van der Waals surface area (Å²) in [7, 11) is -1.32. The molecule has 4 aromatic rings. The van der Waals surface area contributed by atoms with Crippen molar-refractivity contribution in [2.75, 3.05) is 43.9 Å². The summed E-state index contributed by atoms with van der Waals surface area (Å²) in [5.74, 6) is 8.31. The second-order valence-electron chi connectivity index (χ2n) is 14.6. The van der Waals surface area contributed by atoms with Crippen LogP contribution >= 0.6 is 0 Å². The van der Waals surface area contributed by atoms with Crippen molar-refractivity contribution in [3.8, 4) is 23.2 Å². The Morgan fingerprint density at radius 1 is 0.942 bits per heavy atom. The van der Waals surface area contributed by atoms with E-state index in [4.69, 9.17) is 0 Å². The van der Waals surface area contributed by atoms with E-state index in [-0.39, 0.29) is 22.7 Å². The molecule has 2 saturated carbocycles. The second kappa shape index (κ2) is 14.3. The Kier molecular flexibility index (Phi) is 9.42. The number of aromatic nitrogens is 5. The molecule has 2 saturated heterocycles. The number of benzene rings is 1. The second-order valence-corrected chi connectivity index (χ2v) is 16.7. The first kappa shape index (κ1) is 34.3. The molecule has 0 radical (unpaired) electrons. The van der Waals surface area contributed by atoms with Gasteiger partial charge in [0.1, 0.15) is 11.6 Å². The molecule has 2 aliphatic carbocycles. The average molecular weight is 721 g/mol. The number of anilines is 3. The monoisotopic (exact) mass is 720 g/mol. The van der Waals surface area contributed by atoms with Gasteiger partial charge in [-0.3, -0.25) is 9.69 Å². The molecule has 1 amide bonds. The zero-order valence-electron chi connectivity index (χ0n) is 29.4. The van der Waals surface area contributed by atoms with Gasteiger partial charge < -0.3 is 20.9 Å². The van der Waals surface area contributed by atoms with E-state index in [2.05, 4.69) is 89.0 Å². The molecular formula is C38H44N10O3S. The summed E-state index contributed by atoms with van der Waals surface area (Å²) in [5.41, 5.74) is 4.32. The van der Waals surface area contributed by atoms with Crippen LogP contribution in [0.4, 0.5) is 17.3 Å². The Morgan fingerprint density at radius 2 is 1.73 bits per heavy atom. The Balaban J connectivity index is 0.999. The van der Waals surface area contributed by atoms with Crippen LogP contribution in [0.3, 0.4) is 0 Å². The summed E-state index contributed by atoms with van der Waals surface area (Å²) in [6.45, 7) is 5.31. The van der Waals surface area contributed by atoms with Gasteiger partial charge in [0.15, 0.2) is 5.82 Å². The number of carbonyl (C=O) groups excluding carboxylic acids is 1. The van der Waals surface area contributed by atoms with Crippen LogP contribution < -0.4 is 16.0 Å². The minimum absolute atomic E-state index is 0.0668. The largest absolute Gasteiger partial charge is 0.381 e. The van der Waals surface area contributed by atoms with Crippen molar-refractivity contribution in [2.45, 2.75) is 74.7 Å². The van der Waals surface area contributed by atoms with Crippen molar-refractivity contribution in [1.82, 2.24) is 39.3 Å². The Hall–Kier alpha value is -4.84. The first-order chi connectivity index (χ1) is 25.2. The van der Waals surface area contributed by atoms with Crippen LogP contribution in [-0.4, -0.2) is 98.3 Å². The fourth-order valence-corrected chi connectivity index (χ4v) is 8.78. The molecule has 14 heteroatoms. The topological polar surface area (TPSA) is 150 Å². The van der Waals surface area contributed by atoms with Crippen molar-refractivity contribution in [1.29, 1.82) is 0 Å². The molecule has 52 heavy (non-hydrogen) atoms. The number of amides is 1. The summed E-state index contributed by atoms with van der Waals surface area (Å²) in [6, 6.07) is 12.4. The first-order valence-corrected chi connectivity index (χ1v) is 19.7. The molecule has 8 rings (SSSR count). The maximum Gasteiger partial charge on any atom is 0.256 e. The number of likely N-dealkylation sites (N-methyl/N-ethyl adjacent to an activating group) is 1. The highest BCUT2D eigenvalue weighted by atomic mass is 32.2. The number of carbonyl (C=O) groups is 1. The van der Waals surface area contributed by atoms with Gasteiger partial charge in [0, 0.05) is 74.7 Å². The quantitative estimate of drug-likeness (QED) is 0.216. The van der Waals surface area contributed by atoms with Crippen molar-refractivity contribution >= 4 is 33.3 Å². The molecule has 0 atom stereocenters. The molecule has 5 heterocycles. The van der Waals surface area contributed by atoms with Gasteiger partial charge in [-0.05, 0) is 75.8 Å². The normalized spacial score (nSPS) is 22.5. The van der Waals surface area contributed by atoms with Gasteiger partial charge in [-0.1, -0.05) is 24.0 Å². The van der Waals surface area contributed by atoms with Crippen LogP contribution in [0, 0.1) is 11.8 Å². The van der Waals surface area contributed by atoms with Crippen LogP contribution in [0.5, 0.6) is 0 Å². The van der Waals surface area contributed by atoms with Gasteiger partial charge in [0.05, 0.1) is 34.5 Å². The van der Waals surface area contributed by atoms with Crippen molar-refractivity contribution in [3.05, 3.63) is 77.9 Å². The average Bonchev–Trinajstić information content (AvgIpc) is 3.79. The van der Waals surface area contributed by atoms with E-state index in [1.54, 1.807) is 18.5 Å². The minimum atomic E-state index is -3.49. The molecule has 3 aromatic heterocycles. The van der Waals surface area contributed by atoms with E-state index >= 15 is 0 Å². The molecule has 1 spiro atoms. The fourth-order valence-electron chi connectivity index (χ4n) is 7.30. The van der Waals surface area contributed by atoms with Gasteiger partial charge in [0.2, 0.25) is 5.91 Å². The third kappa shape index (κ3) is 7.81. The lowest BCUT2D eigenvalue weighted by Gasteiger charge is -2.37. The number of pyridine rings is 1. The molecule has 270 valence electrons. The van der Waals surface area contributed by atoms with E-state index < -0.39 is 10.0 Å². The van der Waals surface area contributed by atoms with Gasteiger partial charge in [-0.25, -0.2) is 23.4 Å². The molecule has 4 aliphatic rings. The number of hydrogen-bond donors (Lipinski definition) is 3. The van der Waals surface area contributed by atoms with Gasteiger partial charge >= 0.3 is 0 Å². The van der Waals surface area contributed by atoms with Crippen LogP contribution in [0.15, 0.2) is 61.2 Å². The number of hydrogen-bond acceptors (Lipinski definition) is 11. The van der Waals surface area contributed by atoms with Crippen molar-refractivity contribution in [3.63, 3.8) is 0 Å². The van der Waals surface area contributed by atoms with E-state index in [0.717, 1.165) is 85.7 Å². The van der Waals surface area contributed by atoms with Crippen LogP contribution in [-0.2, 0) is 21.4 Å². The Bertz CT molecular complexity index is 2100. The molecule has 0 unspecified atom stereocenters. The highest BCUT2D eigenvalue weighted by Gasteiger charge is 2.41. The highest BCUT2D eigenvalue weighted by molar-refractivity contribution is 7.90. The zero-order chi connectivity index (χ0) is 35.7. The summed E-state index contributed by atoms with van der Waals surface area (Å²) in [6.07, 6.45) is 12.9. The highest BCUT2D eigenvalue weighted by Crippen LogP contribution is 2.37. The maximum absolute atomic E-state index is 12.6. The molecular weight excluding hydrogens is 677 g/mol. The number of rotatable bonds is 9. The van der Waals surface area contributed by atoms with Crippen molar-refractivity contribution < 1.29 is 13.2 Å². The van der Waals surface area contributed by atoms with Gasteiger partial charge in [0.25, 0.3) is 10.0 Å². The predicted octanol–water partition coefficient (Wildman–Crippen LogP) is 3.97. The first-order valence-electron chi connectivity index (χ1n) is 18.2.